The lowest BCUT2D eigenvalue weighted by molar-refractivity contribution is 0.0973. The number of carbonyl (C=O) groups excluding carboxylic acids is 1. The van der Waals surface area contributed by atoms with E-state index < -0.39 is 0 Å². The Bertz CT molecular complexity index is 859. The van der Waals surface area contributed by atoms with E-state index in [9.17, 15) is 4.79 Å². The molecule has 0 heterocycles. The fraction of sp³-hybridized carbons (Fsp3) is 0.435. The van der Waals surface area contributed by atoms with Gasteiger partial charge in [-0.3, -0.25) is 4.79 Å². The summed E-state index contributed by atoms with van der Waals surface area (Å²) >= 11 is 12.7. The first-order valence-electron chi connectivity index (χ1n) is 9.34. The monoisotopic (exact) mass is 403 g/mol. The maximum absolute atomic E-state index is 13.6. The Morgan fingerprint density at radius 2 is 1.56 bits per heavy atom. The van der Waals surface area contributed by atoms with Gasteiger partial charge in [-0.15, -0.1) is 0 Å². The average molecular weight is 404 g/mol. The normalized spacial score (nSPS) is 18.8. The highest BCUT2D eigenvalue weighted by Gasteiger charge is 2.67. The van der Waals surface area contributed by atoms with E-state index in [2.05, 4.69) is 34.6 Å². The molecule has 0 aliphatic heterocycles. The lowest BCUT2D eigenvalue weighted by Gasteiger charge is -2.31. The molecule has 0 spiro atoms. The van der Waals surface area contributed by atoms with Gasteiger partial charge in [0.2, 0.25) is 0 Å². The van der Waals surface area contributed by atoms with Gasteiger partial charge in [0, 0.05) is 16.8 Å². The van der Waals surface area contributed by atoms with E-state index in [-0.39, 0.29) is 22.8 Å². The maximum Gasteiger partial charge on any atom is 0.260 e. The number of rotatable bonds is 4. The smallest absolute Gasteiger partial charge is 0.260 e. The highest BCUT2D eigenvalue weighted by Crippen LogP contribution is 2.70. The molecule has 0 unspecified atom stereocenters. The van der Waals surface area contributed by atoms with Gasteiger partial charge in [0.05, 0.1) is 10.6 Å². The third-order valence-corrected chi connectivity index (χ3v) is 7.47. The standard InChI is InChI=1S/C23H27Cl2NO/c1-14-12-19(25)17(13-18(14)24)21(27)26(16-10-8-7-9-11-16)15(2)20-22(3,4)23(20,5)6/h7-13,15,20H,1-6H3/t15-/m1/s1. The number of para-hydroxylation sites is 1. The third kappa shape index (κ3) is 3.28. The number of benzene rings is 2. The van der Waals surface area contributed by atoms with E-state index in [4.69, 9.17) is 23.2 Å². The molecule has 1 fully saturated rings. The summed E-state index contributed by atoms with van der Waals surface area (Å²) < 4.78 is 0. The van der Waals surface area contributed by atoms with Crippen molar-refractivity contribution in [2.45, 2.75) is 47.6 Å². The highest BCUT2D eigenvalue weighted by molar-refractivity contribution is 6.36. The lowest BCUT2D eigenvalue weighted by atomic mass is 10.0. The summed E-state index contributed by atoms with van der Waals surface area (Å²) in [6.45, 7) is 13.1. The first-order chi connectivity index (χ1) is 12.5. The van der Waals surface area contributed by atoms with E-state index in [1.165, 1.54) is 0 Å². The Labute approximate surface area is 172 Å². The summed E-state index contributed by atoms with van der Waals surface area (Å²) in [5.41, 5.74) is 2.51. The SMILES string of the molecule is Cc1cc(Cl)c(C(=O)N(c2ccccc2)[C@H](C)C2C(C)(C)C2(C)C)cc1Cl. The molecule has 0 N–H and O–H groups in total. The van der Waals surface area contributed by atoms with Gasteiger partial charge >= 0.3 is 0 Å². The molecule has 1 aliphatic rings. The molecule has 0 bridgehead atoms. The highest BCUT2D eigenvalue weighted by atomic mass is 35.5. The van der Waals surface area contributed by atoms with Gasteiger partial charge in [0.25, 0.3) is 5.91 Å². The van der Waals surface area contributed by atoms with Gasteiger partial charge in [-0.2, -0.15) is 0 Å². The van der Waals surface area contributed by atoms with Crippen LogP contribution in [0.15, 0.2) is 42.5 Å². The fourth-order valence-electron chi connectivity index (χ4n) is 4.67. The van der Waals surface area contributed by atoms with Crippen LogP contribution in [0.25, 0.3) is 0 Å². The number of nitrogens with zero attached hydrogens (tertiary/aromatic N) is 1. The molecule has 1 amide bonds. The Balaban J connectivity index is 2.07. The zero-order chi connectivity index (χ0) is 20.1. The molecule has 27 heavy (non-hydrogen) atoms. The Hall–Kier alpha value is -1.51. The van der Waals surface area contributed by atoms with Crippen LogP contribution in [-0.4, -0.2) is 11.9 Å². The van der Waals surface area contributed by atoms with Crippen LogP contribution < -0.4 is 4.90 Å². The quantitative estimate of drug-likeness (QED) is 0.536. The van der Waals surface area contributed by atoms with Gasteiger partial charge in [-0.1, -0.05) is 69.1 Å². The van der Waals surface area contributed by atoms with Crippen molar-refractivity contribution in [1.82, 2.24) is 0 Å². The number of aryl methyl sites for hydroxylation is 1. The van der Waals surface area contributed by atoms with Gasteiger partial charge in [-0.25, -0.2) is 0 Å². The summed E-state index contributed by atoms with van der Waals surface area (Å²) in [7, 11) is 0. The van der Waals surface area contributed by atoms with Crippen molar-refractivity contribution < 1.29 is 4.79 Å². The second kappa shape index (κ2) is 6.83. The molecule has 2 aromatic rings. The predicted octanol–water partition coefficient (Wildman–Crippen LogP) is 7.02. The summed E-state index contributed by atoms with van der Waals surface area (Å²) in [6.07, 6.45) is 0. The zero-order valence-corrected chi connectivity index (χ0v) is 18.3. The van der Waals surface area contributed by atoms with E-state index in [1.54, 1.807) is 12.1 Å². The Kier molecular flexibility index (Phi) is 5.12. The number of hydrogen-bond acceptors (Lipinski definition) is 1. The minimum atomic E-state index is -0.112. The second-order valence-corrected chi connectivity index (χ2v) is 9.57. The molecule has 0 saturated heterocycles. The summed E-state index contributed by atoms with van der Waals surface area (Å²) in [5, 5.41) is 0.986. The van der Waals surface area contributed by atoms with Crippen LogP contribution in [-0.2, 0) is 0 Å². The van der Waals surface area contributed by atoms with Gasteiger partial charge < -0.3 is 4.90 Å². The minimum absolute atomic E-state index is 0.0287. The zero-order valence-electron chi connectivity index (χ0n) is 16.8. The lowest BCUT2D eigenvalue weighted by Crippen LogP contribution is -2.41. The summed E-state index contributed by atoms with van der Waals surface area (Å²) in [5.74, 6) is 0.271. The molecule has 3 rings (SSSR count). The largest absolute Gasteiger partial charge is 0.305 e. The number of amides is 1. The third-order valence-electron chi connectivity index (χ3n) is 6.75. The molecule has 4 heteroatoms. The van der Waals surface area contributed by atoms with E-state index >= 15 is 0 Å². The van der Waals surface area contributed by atoms with Crippen LogP contribution in [0.2, 0.25) is 10.0 Å². The molecule has 144 valence electrons. The van der Waals surface area contributed by atoms with Crippen LogP contribution in [0, 0.1) is 23.7 Å². The molecule has 1 atom stereocenters. The Morgan fingerprint density at radius 1 is 1.00 bits per heavy atom. The predicted molar refractivity (Wildman–Crippen MR) is 115 cm³/mol. The van der Waals surface area contributed by atoms with Crippen molar-refractivity contribution in [3.05, 3.63) is 63.6 Å². The molecule has 0 aromatic heterocycles. The maximum atomic E-state index is 13.6. The first-order valence-corrected chi connectivity index (χ1v) is 10.1. The van der Waals surface area contributed by atoms with E-state index in [0.29, 0.717) is 21.5 Å². The fourth-order valence-corrected chi connectivity index (χ4v) is 5.13. The number of hydrogen-bond donors (Lipinski definition) is 0. The van der Waals surface area contributed by atoms with Crippen molar-refractivity contribution >= 4 is 34.8 Å². The molecular weight excluding hydrogens is 377 g/mol. The van der Waals surface area contributed by atoms with E-state index in [0.717, 1.165) is 11.3 Å². The molecule has 2 aromatic carbocycles. The van der Waals surface area contributed by atoms with Crippen LogP contribution in [0.3, 0.4) is 0 Å². The van der Waals surface area contributed by atoms with Gasteiger partial charge in [-0.05, 0) is 60.4 Å². The molecular formula is C23H27Cl2NO. The average Bonchev–Trinajstić information content (AvgIpc) is 3.00. The molecule has 0 radical (unpaired) electrons. The topological polar surface area (TPSA) is 20.3 Å². The van der Waals surface area contributed by atoms with E-state index in [1.807, 2.05) is 42.2 Å². The number of carbonyl (C=O) groups is 1. The number of halogens is 2. The van der Waals surface area contributed by atoms with Crippen LogP contribution in [0.1, 0.15) is 50.5 Å². The number of anilines is 1. The van der Waals surface area contributed by atoms with Gasteiger partial charge in [0.15, 0.2) is 0 Å². The minimum Gasteiger partial charge on any atom is -0.305 e. The van der Waals surface area contributed by atoms with Crippen molar-refractivity contribution in [2.24, 2.45) is 16.7 Å². The van der Waals surface area contributed by atoms with Crippen molar-refractivity contribution in [1.29, 1.82) is 0 Å². The van der Waals surface area contributed by atoms with Crippen molar-refractivity contribution in [2.75, 3.05) is 4.90 Å². The van der Waals surface area contributed by atoms with Crippen molar-refractivity contribution in [3.63, 3.8) is 0 Å². The van der Waals surface area contributed by atoms with Crippen LogP contribution >= 0.6 is 23.2 Å². The first kappa shape index (κ1) is 20.2. The van der Waals surface area contributed by atoms with Gasteiger partial charge in [0.1, 0.15) is 0 Å². The molecule has 1 aliphatic carbocycles. The van der Waals surface area contributed by atoms with Crippen LogP contribution in [0.5, 0.6) is 0 Å². The summed E-state index contributed by atoms with van der Waals surface area (Å²) in [6, 6.07) is 13.3. The summed E-state index contributed by atoms with van der Waals surface area (Å²) in [4.78, 5) is 15.5. The molecule has 1 saturated carbocycles. The van der Waals surface area contributed by atoms with Crippen molar-refractivity contribution in [3.8, 4) is 0 Å². The van der Waals surface area contributed by atoms with Crippen LogP contribution in [0.4, 0.5) is 5.69 Å². The second-order valence-electron chi connectivity index (χ2n) is 8.75. The Morgan fingerprint density at radius 3 is 2.07 bits per heavy atom. The molecule has 2 nitrogen and oxygen atoms in total.